The Hall–Kier alpha value is -0.990. The average Bonchev–Trinajstić information content (AvgIpc) is 2.88. The molecule has 1 rings (SSSR count). The normalized spacial score (nSPS) is 12.5. The van der Waals surface area contributed by atoms with E-state index in [-0.39, 0.29) is 21.9 Å². The maximum atomic E-state index is 12.8. The zero-order chi connectivity index (χ0) is 16.2. The summed E-state index contributed by atoms with van der Waals surface area (Å²) in [5, 5.41) is 9.10. The topological polar surface area (TPSA) is 87.6 Å². The van der Waals surface area contributed by atoms with Crippen LogP contribution in [0.3, 0.4) is 0 Å². The lowest BCUT2D eigenvalue weighted by Gasteiger charge is -2.30. The van der Waals surface area contributed by atoms with Gasteiger partial charge in [-0.25, -0.2) is 18.2 Å². The molecule has 6 nitrogen and oxygen atoms in total. The average molecular weight is 334 g/mol. The minimum absolute atomic E-state index is 0.138. The maximum absolute atomic E-state index is 12.8. The van der Waals surface area contributed by atoms with Gasteiger partial charge in [0.25, 0.3) is 10.0 Å². The molecule has 0 saturated heterocycles. The molecular formula is C13H22N2O4S2. The zero-order valence-electron chi connectivity index (χ0n) is 12.7. The molecule has 1 aromatic heterocycles. The van der Waals surface area contributed by atoms with Crippen LogP contribution < -0.4 is 0 Å². The van der Waals surface area contributed by atoms with Gasteiger partial charge in [0.05, 0.1) is 5.51 Å². The van der Waals surface area contributed by atoms with Crippen molar-refractivity contribution in [1.82, 2.24) is 9.29 Å². The van der Waals surface area contributed by atoms with Crippen LogP contribution in [0, 0.1) is 5.92 Å². The fourth-order valence-electron chi connectivity index (χ4n) is 2.17. The van der Waals surface area contributed by atoms with Crippen molar-refractivity contribution in [3.63, 3.8) is 0 Å². The summed E-state index contributed by atoms with van der Waals surface area (Å²) < 4.78 is 26.9. The van der Waals surface area contributed by atoms with Crippen molar-refractivity contribution in [1.29, 1.82) is 0 Å². The Morgan fingerprint density at radius 1 is 1.38 bits per heavy atom. The first-order valence-corrected chi connectivity index (χ1v) is 9.26. The van der Waals surface area contributed by atoms with Crippen LogP contribution in [0.5, 0.6) is 0 Å². The quantitative estimate of drug-likeness (QED) is 0.789. The molecule has 8 heteroatoms. The third-order valence-electron chi connectivity index (χ3n) is 3.18. The van der Waals surface area contributed by atoms with E-state index >= 15 is 0 Å². The molecule has 0 aliphatic rings. The lowest BCUT2D eigenvalue weighted by Crippen LogP contribution is -2.42. The first-order valence-electron chi connectivity index (χ1n) is 6.94. The largest absolute Gasteiger partial charge is 0.476 e. The summed E-state index contributed by atoms with van der Waals surface area (Å²) in [6.45, 7) is 8.11. The van der Waals surface area contributed by atoms with Crippen LogP contribution >= 0.6 is 11.3 Å². The highest BCUT2D eigenvalue weighted by atomic mass is 32.2. The fourth-order valence-corrected chi connectivity index (χ4v) is 5.36. The SMILES string of the molecule is CCC(CC)N(CC(C)C)S(=O)(=O)c1scnc1C(=O)O. The lowest BCUT2D eigenvalue weighted by atomic mass is 10.1. The number of carboxylic acids is 1. The summed E-state index contributed by atoms with van der Waals surface area (Å²) in [4.78, 5) is 14.8. The molecule has 0 bridgehead atoms. The van der Waals surface area contributed by atoms with Gasteiger partial charge in [-0.1, -0.05) is 27.7 Å². The highest BCUT2D eigenvalue weighted by molar-refractivity contribution is 7.91. The Kier molecular flexibility index (Phi) is 6.30. The molecule has 1 aromatic rings. The molecule has 0 aromatic carbocycles. The number of sulfonamides is 1. The molecule has 0 fully saturated rings. The second-order valence-corrected chi connectivity index (χ2v) is 8.17. The van der Waals surface area contributed by atoms with Gasteiger partial charge in [-0.3, -0.25) is 0 Å². The number of rotatable bonds is 8. The van der Waals surface area contributed by atoms with E-state index in [1.807, 2.05) is 27.7 Å². The van der Waals surface area contributed by atoms with Crippen LogP contribution in [0.2, 0.25) is 0 Å². The smallest absolute Gasteiger partial charge is 0.356 e. The minimum atomic E-state index is -3.84. The van der Waals surface area contributed by atoms with E-state index in [4.69, 9.17) is 5.11 Å². The van der Waals surface area contributed by atoms with E-state index in [0.717, 1.165) is 11.3 Å². The van der Waals surface area contributed by atoms with Crippen LogP contribution in [0.25, 0.3) is 0 Å². The molecule has 0 atom stereocenters. The molecule has 0 amide bonds. The molecule has 0 aliphatic carbocycles. The second kappa shape index (κ2) is 7.33. The van der Waals surface area contributed by atoms with Gasteiger partial charge in [-0.2, -0.15) is 4.31 Å². The Labute approximate surface area is 129 Å². The van der Waals surface area contributed by atoms with E-state index in [1.54, 1.807) is 0 Å². The maximum Gasteiger partial charge on any atom is 0.356 e. The molecule has 0 radical (unpaired) electrons. The third kappa shape index (κ3) is 4.02. The van der Waals surface area contributed by atoms with Crippen molar-refractivity contribution in [2.75, 3.05) is 6.54 Å². The molecule has 0 unspecified atom stereocenters. The van der Waals surface area contributed by atoms with Crippen LogP contribution in [0.1, 0.15) is 51.0 Å². The van der Waals surface area contributed by atoms with E-state index in [1.165, 1.54) is 9.82 Å². The number of hydrogen-bond acceptors (Lipinski definition) is 5. The number of aromatic carboxylic acids is 1. The standard InChI is InChI=1S/C13H22N2O4S2/c1-5-10(6-2)15(7-9(3)4)21(18,19)13-11(12(16)17)14-8-20-13/h8-10H,5-7H2,1-4H3,(H,16,17). The van der Waals surface area contributed by atoms with Gasteiger partial charge < -0.3 is 5.11 Å². The van der Waals surface area contributed by atoms with Gasteiger partial charge in [-0.15, -0.1) is 11.3 Å². The summed E-state index contributed by atoms with van der Waals surface area (Å²) in [6.07, 6.45) is 1.37. The highest BCUT2D eigenvalue weighted by Crippen LogP contribution is 2.28. The lowest BCUT2D eigenvalue weighted by molar-refractivity contribution is 0.0687. The van der Waals surface area contributed by atoms with Gasteiger partial charge in [-0.05, 0) is 18.8 Å². The second-order valence-electron chi connectivity index (χ2n) is 5.23. The Bertz CT molecular complexity index is 577. The minimum Gasteiger partial charge on any atom is -0.476 e. The van der Waals surface area contributed by atoms with Crippen LogP contribution in [-0.4, -0.2) is 41.4 Å². The number of nitrogens with zero attached hydrogens (tertiary/aromatic N) is 2. The molecule has 0 aliphatic heterocycles. The molecule has 0 saturated carbocycles. The molecule has 1 heterocycles. The van der Waals surface area contributed by atoms with Crippen molar-refractivity contribution in [2.45, 2.75) is 50.8 Å². The molecular weight excluding hydrogens is 312 g/mol. The molecule has 1 N–H and O–H groups in total. The third-order valence-corrected chi connectivity index (χ3v) is 6.44. The van der Waals surface area contributed by atoms with E-state index in [0.29, 0.717) is 19.4 Å². The van der Waals surface area contributed by atoms with Crippen LogP contribution in [0.4, 0.5) is 0 Å². The van der Waals surface area contributed by atoms with Crippen molar-refractivity contribution in [2.24, 2.45) is 5.92 Å². The summed E-state index contributed by atoms with van der Waals surface area (Å²) in [7, 11) is -3.84. The van der Waals surface area contributed by atoms with Crippen molar-refractivity contribution < 1.29 is 18.3 Å². The number of carbonyl (C=O) groups is 1. The number of carboxylic acid groups (broad SMARTS) is 1. The van der Waals surface area contributed by atoms with E-state index in [9.17, 15) is 13.2 Å². The number of aromatic nitrogens is 1. The monoisotopic (exact) mass is 334 g/mol. The van der Waals surface area contributed by atoms with Crippen LogP contribution in [0.15, 0.2) is 9.72 Å². The predicted octanol–water partition coefficient (Wildman–Crippen LogP) is 2.68. The molecule has 120 valence electrons. The fraction of sp³-hybridized carbons (Fsp3) is 0.692. The van der Waals surface area contributed by atoms with Crippen LogP contribution in [-0.2, 0) is 10.0 Å². The number of hydrogen-bond donors (Lipinski definition) is 1. The zero-order valence-corrected chi connectivity index (χ0v) is 14.4. The van der Waals surface area contributed by atoms with E-state index < -0.39 is 16.0 Å². The van der Waals surface area contributed by atoms with Crippen molar-refractivity contribution >= 4 is 27.3 Å². The van der Waals surface area contributed by atoms with E-state index in [2.05, 4.69) is 4.98 Å². The highest BCUT2D eigenvalue weighted by Gasteiger charge is 2.35. The summed E-state index contributed by atoms with van der Waals surface area (Å²) in [5.74, 6) is -1.16. The van der Waals surface area contributed by atoms with Gasteiger partial charge in [0.15, 0.2) is 9.90 Å². The Balaban J connectivity index is 3.32. The van der Waals surface area contributed by atoms with Crippen molar-refractivity contribution in [3.8, 4) is 0 Å². The summed E-state index contributed by atoms with van der Waals surface area (Å²) in [5.41, 5.74) is 0.872. The van der Waals surface area contributed by atoms with Gasteiger partial charge >= 0.3 is 5.97 Å². The Morgan fingerprint density at radius 2 is 1.95 bits per heavy atom. The Morgan fingerprint density at radius 3 is 2.38 bits per heavy atom. The van der Waals surface area contributed by atoms with Gasteiger partial charge in [0.1, 0.15) is 0 Å². The predicted molar refractivity (Wildman–Crippen MR) is 82.2 cm³/mol. The first kappa shape index (κ1) is 18.1. The molecule has 0 spiro atoms. The number of thiazole rings is 1. The van der Waals surface area contributed by atoms with Gasteiger partial charge in [0.2, 0.25) is 0 Å². The summed E-state index contributed by atoms with van der Waals surface area (Å²) >= 11 is 0.857. The summed E-state index contributed by atoms with van der Waals surface area (Å²) in [6, 6.07) is -0.138. The van der Waals surface area contributed by atoms with Crippen molar-refractivity contribution in [3.05, 3.63) is 11.2 Å². The van der Waals surface area contributed by atoms with Gasteiger partial charge in [0, 0.05) is 12.6 Å². The first-order chi connectivity index (χ1) is 9.75. The molecule has 21 heavy (non-hydrogen) atoms.